The normalized spacial score (nSPS) is 17.2. The molecule has 0 unspecified atom stereocenters. The van der Waals surface area contributed by atoms with E-state index in [1.165, 1.54) is 18.4 Å². The topological polar surface area (TPSA) is 30.9 Å². The summed E-state index contributed by atoms with van der Waals surface area (Å²) in [5, 5.41) is 3.54. The zero-order valence-electron chi connectivity index (χ0n) is 13.2. The Balaban J connectivity index is 0.00000220. The largest absolute Gasteiger partial charge is 0.353 e. The van der Waals surface area contributed by atoms with Crippen molar-refractivity contribution in [2.45, 2.75) is 25.4 Å². The molecule has 1 aliphatic heterocycles. The fraction of sp³-hybridized carbons (Fsp3) is 0.562. The van der Waals surface area contributed by atoms with Crippen molar-refractivity contribution in [3.8, 4) is 0 Å². The minimum atomic E-state index is 0. The van der Waals surface area contributed by atoms with Crippen LogP contribution in [0.1, 0.15) is 18.4 Å². The van der Waals surface area contributed by atoms with Gasteiger partial charge in [-0.05, 0) is 18.4 Å². The smallest absolute Gasteiger partial charge is 0.193 e. The first-order chi connectivity index (χ1) is 9.69. The number of hydrogen-bond donors (Lipinski definition) is 1. The van der Waals surface area contributed by atoms with Crippen LogP contribution in [0.5, 0.6) is 0 Å². The zero-order valence-corrected chi connectivity index (χ0v) is 15.6. The van der Waals surface area contributed by atoms with Gasteiger partial charge in [-0.3, -0.25) is 9.89 Å². The van der Waals surface area contributed by atoms with Gasteiger partial charge in [-0.2, -0.15) is 0 Å². The molecule has 5 heteroatoms. The van der Waals surface area contributed by atoms with Crippen LogP contribution in [-0.4, -0.2) is 56.0 Å². The Morgan fingerprint density at radius 2 is 1.86 bits per heavy atom. The van der Waals surface area contributed by atoms with E-state index in [1.807, 2.05) is 26.0 Å². The molecule has 1 heterocycles. The second-order valence-corrected chi connectivity index (χ2v) is 5.62. The second-order valence-electron chi connectivity index (χ2n) is 5.62. The Labute approximate surface area is 145 Å². The number of nitrogens with zero attached hydrogens (tertiary/aromatic N) is 3. The molecule has 118 valence electrons. The predicted molar refractivity (Wildman–Crippen MR) is 100 cm³/mol. The van der Waals surface area contributed by atoms with Gasteiger partial charge in [-0.25, -0.2) is 0 Å². The van der Waals surface area contributed by atoms with Crippen molar-refractivity contribution >= 4 is 29.9 Å². The van der Waals surface area contributed by atoms with Crippen LogP contribution in [0.4, 0.5) is 0 Å². The van der Waals surface area contributed by atoms with Gasteiger partial charge in [0, 0.05) is 46.8 Å². The molecule has 1 saturated heterocycles. The highest BCUT2D eigenvalue weighted by atomic mass is 127. The summed E-state index contributed by atoms with van der Waals surface area (Å²) < 4.78 is 0. The monoisotopic (exact) mass is 402 g/mol. The van der Waals surface area contributed by atoms with Crippen molar-refractivity contribution in [3.05, 3.63) is 35.9 Å². The number of rotatable bonds is 3. The van der Waals surface area contributed by atoms with Crippen LogP contribution in [0, 0.1) is 0 Å². The third-order valence-electron chi connectivity index (χ3n) is 3.81. The molecule has 0 aliphatic carbocycles. The quantitative estimate of drug-likeness (QED) is 0.479. The summed E-state index contributed by atoms with van der Waals surface area (Å²) in [6, 6.07) is 11.3. The van der Waals surface area contributed by atoms with Crippen LogP contribution in [0.25, 0.3) is 0 Å². The minimum absolute atomic E-state index is 0. The van der Waals surface area contributed by atoms with Gasteiger partial charge in [0.1, 0.15) is 0 Å². The maximum atomic E-state index is 4.29. The lowest BCUT2D eigenvalue weighted by Crippen LogP contribution is -2.48. The highest BCUT2D eigenvalue weighted by Gasteiger charge is 2.20. The van der Waals surface area contributed by atoms with Gasteiger partial charge >= 0.3 is 0 Å². The maximum Gasteiger partial charge on any atom is 0.193 e. The van der Waals surface area contributed by atoms with Crippen molar-refractivity contribution in [1.82, 2.24) is 15.1 Å². The molecular weight excluding hydrogens is 375 g/mol. The Bertz CT molecular complexity index is 425. The molecule has 0 bridgehead atoms. The first kappa shape index (κ1) is 18.2. The Morgan fingerprint density at radius 1 is 1.24 bits per heavy atom. The Hall–Kier alpha value is -0.820. The van der Waals surface area contributed by atoms with Crippen molar-refractivity contribution in [2.75, 3.05) is 34.2 Å². The van der Waals surface area contributed by atoms with Gasteiger partial charge in [0.25, 0.3) is 0 Å². The van der Waals surface area contributed by atoms with Crippen LogP contribution in [0.3, 0.4) is 0 Å². The SMILES string of the molecule is CN=C(NC1CCN(Cc2ccccc2)CC1)N(C)C.I. The van der Waals surface area contributed by atoms with Gasteiger partial charge in [0.2, 0.25) is 0 Å². The Kier molecular flexibility index (Phi) is 8.03. The molecule has 1 N–H and O–H groups in total. The molecule has 0 atom stereocenters. The fourth-order valence-electron chi connectivity index (χ4n) is 2.65. The van der Waals surface area contributed by atoms with E-state index in [1.54, 1.807) is 0 Å². The third-order valence-corrected chi connectivity index (χ3v) is 3.81. The number of guanidine groups is 1. The maximum absolute atomic E-state index is 4.29. The number of halogens is 1. The number of hydrogen-bond acceptors (Lipinski definition) is 2. The highest BCUT2D eigenvalue weighted by molar-refractivity contribution is 14.0. The summed E-state index contributed by atoms with van der Waals surface area (Å²) in [7, 11) is 5.90. The summed E-state index contributed by atoms with van der Waals surface area (Å²) >= 11 is 0. The fourth-order valence-corrected chi connectivity index (χ4v) is 2.65. The van der Waals surface area contributed by atoms with Gasteiger partial charge in [-0.15, -0.1) is 24.0 Å². The summed E-state index contributed by atoms with van der Waals surface area (Å²) in [5.74, 6) is 0.978. The van der Waals surface area contributed by atoms with Crippen molar-refractivity contribution in [2.24, 2.45) is 4.99 Å². The number of benzene rings is 1. The van der Waals surface area contributed by atoms with Crippen LogP contribution in [-0.2, 0) is 6.54 Å². The number of piperidine rings is 1. The van der Waals surface area contributed by atoms with E-state index in [-0.39, 0.29) is 24.0 Å². The van der Waals surface area contributed by atoms with Crippen LogP contribution in [0.2, 0.25) is 0 Å². The Morgan fingerprint density at radius 3 is 2.38 bits per heavy atom. The van der Waals surface area contributed by atoms with Crippen LogP contribution < -0.4 is 5.32 Å². The summed E-state index contributed by atoms with van der Waals surface area (Å²) in [6.45, 7) is 3.37. The lowest BCUT2D eigenvalue weighted by atomic mass is 10.0. The lowest BCUT2D eigenvalue weighted by Gasteiger charge is -2.33. The first-order valence-corrected chi connectivity index (χ1v) is 7.36. The summed E-state index contributed by atoms with van der Waals surface area (Å²) in [6.07, 6.45) is 2.36. The average Bonchev–Trinajstić information content (AvgIpc) is 2.47. The zero-order chi connectivity index (χ0) is 14.4. The molecule has 0 radical (unpaired) electrons. The van der Waals surface area contributed by atoms with Gasteiger partial charge < -0.3 is 10.2 Å². The van der Waals surface area contributed by atoms with E-state index < -0.39 is 0 Å². The third kappa shape index (κ3) is 5.82. The highest BCUT2D eigenvalue weighted by Crippen LogP contribution is 2.13. The molecule has 1 aromatic carbocycles. The number of likely N-dealkylation sites (tertiary alicyclic amines) is 1. The molecule has 1 fully saturated rings. The van der Waals surface area contributed by atoms with Gasteiger partial charge in [0.05, 0.1) is 0 Å². The molecular formula is C16H27IN4. The summed E-state index contributed by atoms with van der Waals surface area (Å²) in [5.41, 5.74) is 1.41. The van der Waals surface area contributed by atoms with Gasteiger partial charge in [0.15, 0.2) is 5.96 Å². The van der Waals surface area contributed by atoms with E-state index in [0.717, 1.165) is 25.6 Å². The predicted octanol–water partition coefficient (Wildman–Crippen LogP) is 2.41. The standard InChI is InChI=1S/C16H26N4.HI/c1-17-16(19(2)3)18-15-9-11-20(12-10-15)13-14-7-5-4-6-8-14;/h4-8,15H,9-13H2,1-3H3,(H,17,18);1H. The molecule has 2 rings (SSSR count). The van der Waals surface area contributed by atoms with Crippen LogP contribution in [0.15, 0.2) is 35.3 Å². The van der Waals surface area contributed by atoms with Crippen molar-refractivity contribution < 1.29 is 0 Å². The van der Waals surface area contributed by atoms with E-state index >= 15 is 0 Å². The molecule has 0 amide bonds. The van der Waals surface area contributed by atoms with Gasteiger partial charge in [-0.1, -0.05) is 30.3 Å². The average molecular weight is 402 g/mol. The van der Waals surface area contributed by atoms with E-state index in [2.05, 4.69) is 45.5 Å². The molecule has 1 aromatic rings. The molecule has 0 spiro atoms. The minimum Gasteiger partial charge on any atom is -0.353 e. The lowest BCUT2D eigenvalue weighted by molar-refractivity contribution is 0.197. The molecule has 0 aromatic heterocycles. The van der Waals surface area contributed by atoms with Crippen molar-refractivity contribution in [1.29, 1.82) is 0 Å². The molecule has 0 saturated carbocycles. The van der Waals surface area contributed by atoms with E-state index in [4.69, 9.17) is 0 Å². The molecule has 21 heavy (non-hydrogen) atoms. The first-order valence-electron chi connectivity index (χ1n) is 7.36. The van der Waals surface area contributed by atoms with Crippen LogP contribution >= 0.6 is 24.0 Å². The number of aliphatic imine (C=N–C) groups is 1. The van der Waals surface area contributed by atoms with E-state index in [0.29, 0.717) is 6.04 Å². The summed E-state index contributed by atoms with van der Waals surface area (Å²) in [4.78, 5) is 8.86. The molecule has 1 aliphatic rings. The van der Waals surface area contributed by atoms with E-state index in [9.17, 15) is 0 Å². The molecule has 4 nitrogen and oxygen atoms in total. The van der Waals surface area contributed by atoms with Crippen molar-refractivity contribution in [3.63, 3.8) is 0 Å². The second kappa shape index (κ2) is 9.25. The number of nitrogens with one attached hydrogen (secondary N) is 1.